The highest BCUT2D eigenvalue weighted by atomic mass is 35.5. The maximum Gasteiger partial charge on any atom is 0.267 e. The number of amides is 1. The van der Waals surface area contributed by atoms with Gasteiger partial charge in [-0.1, -0.05) is 54.1 Å². The number of carbonyl (C=O) groups is 1. The minimum Gasteiger partial charge on any atom is -0.476 e. The molecule has 6 nitrogen and oxygen atoms in total. The normalized spacial score (nSPS) is 15.9. The largest absolute Gasteiger partial charge is 0.476 e. The molecular weight excluding hydrogens is 412 g/mol. The average molecular weight is 429 g/mol. The first-order valence-electron chi connectivity index (χ1n) is 8.86. The van der Waals surface area contributed by atoms with Crippen LogP contribution in [0.4, 0.5) is 11.4 Å². The van der Waals surface area contributed by atoms with E-state index >= 15 is 0 Å². The van der Waals surface area contributed by atoms with Gasteiger partial charge in [0.1, 0.15) is 5.75 Å². The van der Waals surface area contributed by atoms with E-state index in [1.165, 1.54) is 16.4 Å². The fraction of sp³-hybridized carbons (Fsp3) is 0.0952. The molecule has 4 rings (SSSR count). The van der Waals surface area contributed by atoms with Gasteiger partial charge < -0.3 is 10.1 Å². The Morgan fingerprint density at radius 3 is 2.38 bits per heavy atom. The van der Waals surface area contributed by atoms with Crippen molar-refractivity contribution in [1.82, 2.24) is 0 Å². The molecule has 8 heteroatoms. The number of ether oxygens (including phenoxy) is 1. The number of halogens is 1. The molecule has 0 fully saturated rings. The van der Waals surface area contributed by atoms with Crippen LogP contribution < -0.4 is 14.4 Å². The first kappa shape index (κ1) is 19.3. The highest BCUT2D eigenvalue weighted by molar-refractivity contribution is 7.92. The number of nitrogens with one attached hydrogen (secondary N) is 1. The molecule has 1 atom stereocenters. The van der Waals surface area contributed by atoms with Gasteiger partial charge in [0.25, 0.3) is 15.9 Å². The van der Waals surface area contributed by atoms with Gasteiger partial charge in [-0.05, 0) is 36.4 Å². The number of anilines is 2. The molecule has 0 bridgehead atoms. The van der Waals surface area contributed by atoms with E-state index in [0.717, 1.165) is 0 Å². The van der Waals surface area contributed by atoms with Crippen LogP contribution in [0.15, 0.2) is 83.8 Å². The Morgan fingerprint density at radius 2 is 1.62 bits per heavy atom. The number of fused-ring (bicyclic) bond motifs is 1. The van der Waals surface area contributed by atoms with Crippen molar-refractivity contribution in [2.45, 2.75) is 11.0 Å². The number of hydrogen-bond acceptors (Lipinski definition) is 4. The summed E-state index contributed by atoms with van der Waals surface area (Å²) >= 11 is 6.11. The number of nitrogens with zero attached hydrogens (tertiary/aromatic N) is 1. The Morgan fingerprint density at radius 1 is 0.966 bits per heavy atom. The fourth-order valence-corrected chi connectivity index (χ4v) is 4.74. The molecule has 0 saturated heterocycles. The molecule has 1 amide bonds. The summed E-state index contributed by atoms with van der Waals surface area (Å²) in [4.78, 5) is 13.0. The van der Waals surface area contributed by atoms with Crippen LogP contribution in [-0.4, -0.2) is 27.0 Å². The Hall–Kier alpha value is -3.03. The molecule has 1 aliphatic heterocycles. The summed E-state index contributed by atoms with van der Waals surface area (Å²) in [6.07, 6.45) is -1.04. The smallest absolute Gasteiger partial charge is 0.267 e. The van der Waals surface area contributed by atoms with Crippen molar-refractivity contribution in [2.75, 3.05) is 16.2 Å². The first-order chi connectivity index (χ1) is 14.0. The van der Waals surface area contributed by atoms with E-state index in [2.05, 4.69) is 5.32 Å². The van der Waals surface area contributed by atoms with Gasteiger partial charge >= 0.3 is 0 Å². The van der Waals surface area contributed by atoms with Crippen molar-refractivity contribution in [3.63, 3.8) is 0 Å². The lowest BCUT2D eigenvalue weighted by atomic mass is 10.2. The highest BCUT2D eigenvalue weighted by Gasteiger charge is 2.37. The number of benzene rings is 3. The highest BCUT2D eigenvalue weighted by Crippen LogP contribution is 2.37. The SMILES string of the molecule is O=C(Nc1ccccc1Cl)[C@@H]1CN(S(=O)(=O)c2ccccc2)c2ccccc2O1. The van der Waals surface area contributed by atoms with Crippen LogP contribution in [0.2, 0.25) is 5.02 Å². The predicted octanol–water partition coefficient (Wildman–Crippen LogP) is 3.94. The van der Waals surface area contributed by atoms with Crippen molar-refractivity contribution in [2.24, 2.45) is 0 Å². The van der Waals surface area contributed by atoms with Crippen LogP contribution in [0.3, 0.4) is 0 Å². The number of rotatable bonds is 4. The van der Waals surface area contributed by atoms with E-state index in [1.807, 2.05) is 0 Å². The zero-order chi connectivity index (χ0) is 20.4. The van der Waals surface area contributed by atoms with Gasteiger partial charge in [0, 0.05) is 0 Å². The third-order valence-electron chi connectivity index (χ3n) is 4.49. The third-order valence-corrected chi connectivity index (χ3v) is 6.61. The first-order valence-corrected chi connectivity index (χ1v) is 10.7. The monoisotopic (exact) mass is 428 g/mol. The van der Waals surface area contributed by atoms with E-state index in [1.54, 1.807) is 66.7 Å². The van der Waals surface area contributed by atoms with E-state index in [4.69, 9.17) is 16.3 Å². The number of carbonyl (C=O) groups excluding carboxylic acids is 1. The molecule has 1 N–H and O–H groups in total. The quantitative estimate of drug-likeness (QED) is 0.683. The predicted molar refractivity (Wildman–Crippen MR) is 112 cm³/mol. The van der Waals surface area contributed by atoms with Crippen molar-refractivity contribution in [1.29, 1.82) is 0 Å². The molecule has 0 unspecified atom stereocenters. The molecule has 3 aromatic carbocycles. The molecular formula is C21H17ClN2O4S. The van der Waals surface area contributed by atoms with Crippen LogP contribution >= 0.6 is 11.6 Å². The molecule has 148 valence electrons. The Bertz CT molecular complexity index is 1150. The molecule has 1 heterocycles. The molecule has 0 saturated carbocycles. The molecule has 0 aromatic heterocycles. The second kappa shape index (κ2) is 7.77. The maximum atomic E-state index is 13.2. The Labute approximate surface area is 173 Å². The average Bonchev–Trinajstić information content (AvgIpc) is 2.75. The maximum absolute atomic E-state index is 13.2. The van der Waals surface area contributed by atoms with Crippen molar-refractivity contribution >= 4 is 38.9 Å². The summed E-state index contributed by atoms with van der Waals surface area (Å²) in [5, 5.41) is 3.09. The lowest BCUT2D eigenvalue weighted by molar-refractivity contribution is -0.122. The van der Waals surface area contributed by atoms with Gasteiger partial charge in [0.2, 0.25) is 0 Å². The van der Waals surface area contributed by atoms with Crippen LogP contribution in [-0.2, 0) is 14.8 Å². The van der Waals surface area contributed by atoms with E-state index in [9.17, 15) is 13.2 Å². The van der Waals surface area contributed by atoms with Crippen molar-refractivity contribution in [3.8, 4) is 5.75 Å². The zero-order valence-corrected chi connectivity index (χ0v) is 16.7. The fourth-order valence-electron chi connectivity index (χ4n) is 3.06. The molecule has 0 radical (unpaired) electrons. The molecule has 0 aliphatic carbocycles. The topological polar surface area (TPSA) is 75.7 Å². The standard InChI is InChI=1S/C21H17ClN2O4S/c22-16-10-4-5-11-17(16)23-21(25)20-14-24(18-12-6-7-13-19(18)28-20)29(26,27)15-8-2-1-3-9-15/h1-13,20H,14H2,(H,23,25)/t20-/m0/s1. The minimum atomic E-state index is -3.88. The number of sulfonamides is 1. The Kier molecular flexibility index (Phi) is 5.17. The molecule has 29 heavy (non-hydrogen) atoms. The van der Waals surface area contributed by atoms with Crippen molar-refractivity contribution < 1.29 is 17.9 Å². The van der Waals surface area contributed by atoms with Crippen LogP contribution in [0, 0.1) is 0 Å². The summed E-state index contributed by atoms with van der Waals surface area (Å²) < 4.78 is 33.5. The van der Waals surface area contributed by atoms with Gasteiger partial charge in [0.15, 0.2) is 6.10 Å². The lowest BCUT2D eigenvalue weighted by Crippen LogP contribution is -2.48. The second-order valence-electron chi connectivity index (χ2n) is 6.39. The minimum absolute atomic E-state index is 0.141. The van der Waals surface area contributed by atoms with Crippen molar-refractivity contribution in [3.05, 3.63) is 83.9 Å². The van der Waals surface area contributed by atoms with Gasteiger partial charge in [-0.3, -0.25) is 9.10 Å². The van der Waals surface area contributed by atoms with Gasteiger partial charge in [-0.15, -0.1) is 0 Å². The van der Waals surface area contributed by atoms with Gasteiger partial charge in [-0.25, -0.2) is 8.42 Å². The molecule has 3 aromatic rings. The zero-order valence-electron chi connectivity index (χ0n) is 15.2. The number of para-hydroxylation sites is 3. The third kappa shape index (κ3) is 3.79. The van der Waals surface area contributed by atoms with E-state index in [-0.39, 0.29) is 11.4 Å². The lowest BCUT2D eigenvalue weighted by Gasteiger charge is -2.34. The Balaban J connectivity index is 1.68. The molecule has 1 aliphatic rings. The molecule has 0 spiro atoms. The number of hydrogen-bond donors (Lipinski definition) is 1. The van der Waals surface area contributed by atoms with Crippen LogP contribution in [0.1, 0.15) is 0 Å². The van der Waals surface area contributed by atoms with Crippen LogP contribution in [0.25, 0.3) is 0 Å². The summed E-state index contributed by atoms with van der Waals surface area (Å²) in [6.45, 7) is -0.162. The summed E-state index contributed by atoms with van der Waals surface area (Å²) in [5.74, 6) is -0.168. The van der Waals surface area contributed by atoms with E-state index in [0.29, 0.717) is 22.1 Å². The second-order valence-corrected chi connectivity index (χ2v) is 8.66. The summed E-state index contributed by atoms with van der Waals surface area (Å²) in [5.41, 5.74) is 0.817. The van der Waals surface area contributed by atoms with Gasteiger partial charge in [0.05, 0.1) is 27.8 Å². The van der Waals surface area contributed by atoms with Crippen LogP contribution in [0.5, 0.6) is 5.75 Å². The summed E-state index contributed by atoms with van der Waals surface area (Å²) in [6, 6.07) is 21.6. The summed E-state index contributed by atoms with van der Waals surface area (Å²) in [7, 11) is -3.88. The van der Waals surface area contributed by atoms with E-state index < -0.39 is 22.0 Å². The van der Waals surface area contributed by atoms with Gasteiger partial charge in [-0.2, -0.15) is 0 Å².